The Morgan fingerprint density at radius 2 is 1.89 bits per heavy atom. The number of alkyl carbamates (subject to hydrolysis) is 1. The fourth-order valence-electron chi connectivity index (χ4n) is 3.39. The van der Waals surface area contributed by atoms with Gasteiger partial charge in [0.25, 0.3) is 0 Å². The van der Waals surface area contributed by atoms with Crippen LogP contribution in [0.25, 0.3) is 6.08 Å². The zero-order valence-corrected chi connectivity index (χ0v) is 21.8. The highest BCUT2D eigenvalue weighted by Crippen LogP contribution is 2.24. The van der Waals surface area contributed by atoms with Crippen LogP contribution in [0.15, 0.2) is 30.8 Å². The molecule has 0 saturated carbocycles. The number of rotatable bonds is 13. The third-order valence-corrected chi connectivity index (χ3v) is 4.88. The van der Waals surface area contributed by atoms with Crippen molar-refractivity contribution in [1.82, 2.24) is 15.5 Å². The van der Waals surface area contributed by atoms with Crippen molar-refractivity contribution in [2.24, 2.45) is 0 Å². The van der Waals surface area contributed by atoms with Crippen LogP contribution < -0.4 is 10.6 Å². The van der Waals surface area contributed by atoms with Crippen LogP contribution in [-0.4, -0.2) is 71.8 Å². The number of amides is 3. The lowest BCUT2D eigenvalue weighted by Gasteiger charge is -2.34. The van der Waals surface area contributed by atoms with E-state index in [4.69, 9.17) is 9.47 Å². The van der Waals surface area contributed by atoms with E-state index in [1.807, 2.05) is 6.92 Å². The number of esters is 1. The molecule has 0 spiro atoms. The van der Waals surface area contributed by atoms with Crippen LogP contribution in [0.3, 0.4) is 0 Å². The lowest BCUT2D eigenvalue weighted by Crippen LogP contribution is -2.54. The second-order valence-electron chi connectivity index (χ2n) is 9.04. The maximum Gasteiger partial charge on any atom is 0.408 e. The molecule has 2 unspecified atom stereocenters. The molecule has 3 amide bonds. The number of nitrogens with zero attached hydrogens (tertiary/aromatic N) is 1. The monoisotopic (exact) mass is 505 g/mol. The Morgan fingerprint density at radius 3 is 2.44 bits per heavy atom. The number of hydrogen-bond acceptors (Lipinski definition) is 7. The molecule has 36 heavy (non-hydrogen) atoms. The second-order valence-corrected chi connectivity index (χ2v) is 9.04. The summed E-state index contributed by atoms with van der Waals surface area (Å²) < 4.78 is 10.1. The Hall–Kier alpha value is -3.40. The van der Waals surface area contributed by atoms with E-state index in [9.17, 15) is 24.3 Å². The highest BCUT2D eigenvalue weighted by atomic mass is 16.6. The summed E-state index contributed by atoms with van der Waals surface area (Å²) in [6, 6.07) is 4.56. The van der Waals surface area contributed by atoms with Crippen molar-refractivity contribution in [3.8, 4) is 0 Å². The van der Waals surface area contributed by atoms with Gasteiger partial charge in [0, 0.05) is 13.1 Å². The summed E-state index contributed by atoms with van der Waals surface area (Å²) in [6.07, 6.45) is 1.23. The van der Waals surface area contributed by atoms with Crippen molar-refractivity contribution < 1.29 is 33.8 Å². The third kappa shape index (κ3) is 10.1. The fraction of sp³-hybridized carbons (Fsp3) is 0.538. The van der Waals surface area contributed by atoms with E-state index in [1.165, 1.54) is 4.90 Å². The first-order valence-electron chi connectivity index (χ1n) is 12.0. The average molecular weight is 506 g/mol. The summed E-state index contributed by atoms with van der Waals surface area (Å²) in [5, 5.41) is 15.0. The molecule has 1 rings (SSSR count). The number of nitrogens with one attached hydrogen (secondary N) is 2. The molecule has 0 bridgehead atoms. The van der Waals surface area contributed by atoms with E-state index in [0.29, 0.717) is 12.0 Å². The van der Waals surface area contributed by atoms with Crippen molar-refractivity contribution >= 4 is 30.0 Å². The maximum atomic E-state index is 13.5. The summed E-state index contributed by atoms with van der Waals surface area (Å²) >= 11 is 0. The van der Waals surface area contributed by atoms with Crippen LogP contribution in [-0.2, 0) is 23.9 Å². The highest BCUT2D eigenvalue weighted by Gasteiger charge is 2.35. The van der Waals surface area contributed by atoms with Crippen LogP contribution in [0.4, 0.5) is 4.79 Å². The van der Waals surface area contributed by atoms with Gasteiger partial charge in [-0.3, -0.25) is 14.4 Å². The van der Waals surface area contributed by atoms with Gasteiger partial charge in [-0.2, -0.15) is 0 Å². The Balaban J connectivity index is 3.29. The van der Waals surface area contributed by atoms with Crippen molar-refractivity contribution in [2.75, 3.05) is 26.3 Å². The molecule has 0 fully saturated rings. The second kappa shape index (κ2) is 14.9. The molecule has 0 aliphatic carbocycles. The fourth-order valence-corrected chi connectivity index (χ4v) is 3.39. The molecule has 0 aromatic heterocycles. The predicted molar refractivity (Wildman–Crippen MR) is 136 cm³/mol. The van der Waals surface area contributed by atoms with E-state index in [0.717, 1.165) is 5.56 Å². The van der Waals surface area contributed by atoms with Crippen molar-refractivity contribution in [3.05, 3.63) is 42.0 Å². The lowest BCUT2D eigenvalue weighted by atomic mass is 10.00. The largest absolute Gasteiger partial charge is 0.466 e. The number of benzene rings is 1. The van der Waals surface area contributed by atoms with Gasteiger partial charge in [0.1, 0.15) is 17.7 Å². The zero-order valence-electron chi connectivity index (χ0n) is 21.8. The molecule has 0 saturated heterocycles. The first-order chi connectivity index (χ1) is 17.0. The van der Waals surface area contributed by atoms with Crippen LogP contribution in [0.2, 0.25) is 0 Å². The Labute approximate surface area is 213 Å². The quantitative estimate of drug-likeness (QED) is 0.351. The molecule has 1 aromatic rings. The Bertz CT molecular complexity index is 911. The predicted octanol–water partition coefficient (Wildman–Crippen LogP) is 2.56. The SMILES string of the molecule is C=Cc1cccc(C(C(=O)NCCC(=O)OCC)N(CCC)C(=O)C(CO)NC(=O)OC(C)(C)C)c1. The molecule has 0 radical (unpaired) electrons. The minimum absolute atomic E-state index is 0.0169. The van der Waals surface area contributed by atoms with Gasteiger partial charge in [0.2, 0.25) is 11.8 Å². The molecule has 200 valence electrons. The van der Waals surface area contributed by atoms with Gasteiger partial charge < -0.3 is 30.1 Å². The van der Waals surface area contributed by atoms with Crippen LogP contribution >= 0.6 is 0 Å². The van der Waals surface area contributed by atoms with Crippen LogP contribution in [0, 0.1) is 0 Å². The summed E-state index contributed by atoms with van der Waals surface area (Å²) in [4.78, 5) is 52.2. The number of carbonyl (C=O) groups is 4. The Morgan fingerprint density at radius 1 is 1.19 bits per heavy atom. The molecule has 0 heterocycles. The van der Waals surface area contributed by atoms with Gasteiger partial charge in [0.15, 0.2) is 0 Å². The summed E-state index contributed by atoms with van der Waals surface area (Å²) in [5.74, 6) is -1.62. The minimum atomic E-state index is -1.33. The molecule has 2 atom stereocenters. The van der Waals surface area contributed by atoms with Gasteiger partial charge in [-0.1, -0.05) is 37.8 Å². The van der Waals surface area contributed by atoms with Gasteiger partial charge in [0.05, 0.1) is 19.6 Å². The van der Waals surface area contributed by atoms with E-state index in [-0.39, 0.29) is 26.1 Å². The molecule has 10 heteroatoms. The van der Waals surface area contributed by atoms with Crippen molar-refractivity contribution in [2.45, 2.75) is 65.1 Å². The van der Waals surface area contributed by atoms with Crippen molar-refractivity contribution in [1.29, 1.82) is 0 Å². The van der Waals surface area contributed by atoms with E-state index in [2.05, 4.69) is 17.2 Å². The summed E-state index contributed by atoms with van der Waals surface area (Å²) in [5.41, 5.74) is 0.450. The first-order valence-corrected chi connectivity index (χ1v) is 12.0. The topological polar surface area (TPSA) is 134 Å². The Kier molecular flexibility index (Phi) is 12.7. The number of aliphatic hydroxyl groups excluding tert-OH is 1. The van der Waals surface area contributed by atoms with Gasteiger partial charge in [-0.25, -0.2) is 4.79 Å². The number of aliphatic hydroxyl groups is 1. The molecule has 10 nitrogen and oxygen atoms in total. The van der Waals surface area contributed by atoms with Gasteiger partial charge in [-0.15, -0.1) is 0 Å². The maximum absolute atomic E-state index is 13.5. The number of ether oxygens (including phenoxy) is 2. The third-order valence-electron chi connectivity index (χ3n) is 4.88. The number of hydrogen-bond donors (Lipinski definition) is 3. The molecular formula is C26H39N3O7. The molecule has 0 aliphatic heterocycles. The molecule has 3 N–H and O–H groups in total. The van der Waals surface area contributed by atoms with E-state index < -0.39 is 48.2 Å². The summed E-state index contributed by atoms with van der Waals surface area (Å²) in [7, 11) is 0. The lowest BCUT2D eigenvalue weighted by molar-refractivity contribution is -0.144. The zero-order chi connectivity index (χ0) is 27.3. The molecule has 0 aliphatic rings. The smallest absolute Gasteiger partial charge is 0.408 e. The number of carbonyl (C=O) groups excluding carboxylic acids is 4. The van der Waals surface area contributed by atoms with Gasteiger partial charge in [-0.05, 0) is 51.3 Å². The highest BCUT2D eigenvalue weighted by molar-refractivity contribution is 5.92. The standard InChI is InChI=1S/C26H39N3O7/c1-7-15-29(24(33)20(17-30)28-25(34)36-26(4,5)6)22(19-12-10-11-18(8-2)16-19)23(32)27-14-13-21(31)35-9-3/h8,10-12,16,20,22,30H,2,7,9,13-15,17H2,1,3-6H3,(H,27,32)(H,28,34). The van der Waals surface area contributed by atoms with Gasteiger partial charge >= 0.3 is 12.1 Å². The molecule has 1 aromatic carbocycles. The van der Waals surface area contributed by atoms with Crippen LogP contribution in [0.1, 0.15) is 64.6 Å². The van der Waals surface area contributed by atoms with Crippen molar-refractivity contribution in [3.63, 3.8) is 0 Å². The first kappa shape index (κ1) is 30.6. The van der Waals surface area contributed by atoms with E-state index >= 15 is 0 Å². The minimum Gasteiger partial charge on any atom is -0.466 e. The van der Waals surface area contributed by atoms with E-state index in [1.54, 1.807) is 58.0 Å². The molecular weight excluding hydrogens is 466 g/mol. The normalized spacial score (nSPS) is 12.6. The summed E-state index contributed by atoms with van der Waals surface area (Å²) in [6.45, 7) is 12.0. The average Bonchev–Trinajstić information content (AvgIpc) is 2.81. The van der Waals surface area contributed by atoms with Crippen LogP contribution in [0.5, 0.6) is 0 Å².